The summed E-state index contributed by atoms with van der Waals surface area (Å²) in [6.07, 6.45) is 4.61. The minimum atomic E-state index is 1.10. The number of thioether (sulfide) groups is 1. The van der Waals surface area contributed by atoms with Crippen molar-refractivity contribution in [3.63, 3.8) is 0 Å². The molecule has 0 unspecified atom stereocenters. The molecule has 3 fully saturated rings. The van der Waals surface area contributed by atoms with Crippen LogP contribution in [0.3, 0.4) is 0 Å². The van der Waals surface area contributed by atoms with E-state index in [-0.39, 0.29) is 0 Å². The lowest BCUT2D eigenvalue weighted by Gasteiger charge is -2.40. The van der Waals surface area contributed by atoms with Gasteiger partial charge in [-0.1, -0.05) is 0 Å². The zero-order valence-corrected chi connectivity index (χ0v) is 5.21. The van der Waals surface area contributed by atoms with E-state index in [0.717, 1.165) is 11.2 Å². The second-order valence-corrected chi connectivity index (χ2v) is 4.03. The highest BCUT2D eigenvalue weighted by Crippen LogP contribution is 2.44. The Morgan fingerprint density at radius 1 is 1.29 bits per heavy atom. The van der Waals surface area contributed by atoms with Crippen LogP contribution in [0.25, 0.3) is 0 Å². The third-order valence-corrected chi connectivity index (χ3v) is 3.40. The van der Waals surface area contributed by atoms with E-state index in [4.69, 9.17) is 0 Å². The van der Waals surface area contributed by atoms with Crippen LogP contribution in [0.1, 0.15) is 19.3 Å². The molecule has 0 nitrogen and oxygen atoms in total. The predicted molar refractivity (Wildman–Crippen MR) is 33.6 cm³/mol. The summed E-state index contributed by atoms with van der Waals surface area (Å²) in [5.41, 5.74) is 0. The van der Waals surface area contributed by atoms with E-state index in [9.17, 15) is 0 Å². The van der Waals surface area contributed by atoms with Crippen LogP contribution >= 0.6 is 11.8 Å². The van der Waals surface area contributed by atoms with Crippen molar-refractivity contribution in [2.75, 3.05) is 5.75 Å². The Bertz CT molecular complexity index is 60.7. The van der Waals surface area contributed by atoms with Crippen molar-refractivity contribution in [1.29, 1.82) is 0 Å². The van der Waals surface area contributed by atoms with E-state index < -0.39 is 0 Å². The number of rotatable bonds is 0. The second-order valence-electron chi connectivity index (χ2n) is 2.62. The highest BCUT2D eigenvalue weighted by Gasteiger charge is 2.32. The van der Waals surface area contributed by atoms with Crippen molar-refractivity contribution >= 4 is 11.8 Å². The van der Waals surface area contributed by atoms with Crippen LogP contribution in [0, 0.1) is 5.92 Å². The van der Waals surface area contributed by atoms with Crippen LogP contribution in [-0.4, -0.2) is 11.0 Å². The monoisotopic (exact) mass is 114 g/mol. The normalized spacial score (nSPS) is 48.0. The van der Waals surface area contributed by atoms with Crippen LogP contribution < -0.4 is 0 Å². The summed E-state index contributed by atoms with van der Waals surface area (Å²) in [4.78, 5) is 0. The molecule has 40 valence electrons. The van der Waals surface area contributed by atoms with Crippen molar-refractivity contribution in [1.82, 2.24) is 0 Å². The molecule has 2 saturated heterocycles. The molecule has 0 atom stereocenters. The van der Waals surface area contributed by atoms with Gasteiger partial charge in [0.15, 0.2) is 0 Å². The van der Waals surface area contributed by atoms with Crippen LogP contribution in [0.15, 0.2) is 0 Å². The van der Waals surface area contributed by atoms with Gasteiger partial charge in [-0.25, -0.2) is 0 Å². The van der Waals surface area contributed by atoms with Crippen LogP contribution in [0.5, 0.6) is 0 Å². The molecule has 0 aromatic rings. The van der Waals surface area contributed by atoms with Gasteiger partial charge in [-0.15, -0.1) is 0 Å². The van der Waals surface area contributed by atoms with Gasteiger partial charge < -0.3 is 0 Å². The first-order valence-corrected chi connectivity index (χ1v) is 4.11. The van der Waals surface area contributed by atoms with Crippen molar-refractivity contribution in [2.24, 2.45) is 5.92 Å². The lowest BCUT2D eigenvalue weighted by atomic mass is 9.82. The molecule has 2 bridgehead atoms. The smallest absolute Gasteiger partial charge is 0.00523 e. The van der Waals surface area contributed by atoms with E-state index in [1.54, 1.807) is 12.8 Å². The zero-order valence-electron chi connectivity index (χ0n) is 4.39. The third-order valence-electron chi connectivity index (χ3n) is 2.07. The number of fused-ring (bicyclic) bond motifs is 2. The van der Waals surface area contributed by atoms with Gasteiger partial charge in [-0.3, -0.25) is 0 Å². The van der Waals surface area contributed by atoms with Gasteiger partial charge in [-0.2, -0.15) is 11.8 Å². The molecule has 2 heterocycles. The molecule has 7 heavy (non-hydrogen) atoms. The molecule has 0 spiro atoms. The number of hydrogen-bond donors (Lipinski definition) is 0. The Labute approximate surface area is 48.7 Å². The molecule has 0 N–H and O–H groups in total. The molecular formula is C6H10S. The van der Waals surface area contributed by atoms with E-state index >= 15 is 0 Å². The van der Waals surface area contributed by atoms with Gasteiger partial charge in [0.2, 0.25) is 0 Å². The molecule has 0 aromatic heterocycles. The molecule has 0 amide bonds. The largest absolute Gasteiger partial charge is 0.159 e. The minimum absolute atomic E-state index is 1.10. The first-order chi connectivity index (χ1) is 3.45. The second kappa shape index (κ2) is 1.41. The van der Waals surface area contributed by atoms with Gasteiger partial charge >= 0.3 is 0 Å². The Hall–Kier alpha value is 0.350. The fourth-order valence-corrected chi connectivity index (χ4v) is 3.07. The molecule has 1 heteroatoms. The first kappa shape index (κ1) is 4.25. The summed E-state index contributed by atoms with van der Waals surface area (Å²) >= 11 is 2.18. The van der Waals surface area contributed by atoms with Crippen molar-refractivity contribution < 1.29 is 0 Å². The Morgan fingerprint density at radius 2 is 2.14 bits per heavy atom. The first-order valence-electron chi connectivity index (χ1n) is 3.07. The standard InChI is InChI=1S/C6H10S/c1-2-7-6-3-5(1)4-6/h5-6H,1-4H2. The molecule has 3 aliphatic rings. The summed E-state index contributed by atoms with van der Waals surface area (Å²) in [5, 5.41) is 1.10. The summed E-state index contributed by atoms with van der Waals surface area (Å²) in [6.45, 7) is 0. The van der Waals surface area contributed by atoms with Gasteiger partial charge in [0, 0.05) is 5.25 Å². The summed E-state index contributed by atoms with van der Waals surface area (Å²) in [6, 6.07) is 0. The van der Waals surface area contributed by atoms with Gasteiger partial charge in [-0.05, 0) is 30.9 Å². The summed E-state index contributed by atoms with van der Waals surface area (Å²) in [7, 11) is 0. The van der Waals surface area contributed by atoms with Crippen LogP contribution in [-0.2, 0) is 0 Å². The maximum atomic E-state index is 2.18. The third kappa shape index (κ3) is 0.584. The minimum Gasteiger partial charge on any atom is -0.159 e. The molecular weight excluding hydrogens is 104 g/mol. The summed E-state index contributed by atoms with van der Waals surface area (Å²) < 4.78 is 0. The maximum Gasteiger partial charge on any atom is 0.00523 e. The van der Waals surface area contributed by atoms with E-state index in [0.29, 0.717) is 0 Å². The number of hydrogen-bond acceptors (Lipinski definition) is 1. The lowest BCUT2D eigenvalue weighted by Crippen LogP contribution is -2.31. The van der Waals surface area contributed by atoms with Gasteiger partial charge in [0.1, 0.15) is 0 Å². The van der Waals surface area contributed by atoms with Crippen LogP contribution in [0.2, 0.25) is 0 Å². The van der Waals surface area contributed by atoms with E-state index in [1.807, 2.05) is 0 Å². The van der Waals surface area contributed by atoms with E-state index in [1.165, 1.54) is 12.2 Å². The Morgan fingerprint density at radius 3 is 2.29 bits per heavy atom. The molecule has 3 rings (SSSR count). The molecule has 0 radical (unpaired) electrons. The lowest BCUT2D eigenvalue weighted by molar-refractivity contribution is 0.307. The maximum absolute atomic E-state index is 2.18. The highest BCUT2D eigenvalue weighted by atomic mass is 32.2. The zero-order chi connectivity index (χ0) is 4.69. The van der Waals surface area contributed by atoms with Crippen molar-refractivity contribution in [3.8, 4) is 0 Å². The summed E-state index contributed by atoms with van der Waals surface area (Å²) in [5.74, 6) is 2.61. The average molecular weight is 114 g/mol. The molecule has 0 aromatic carbocycles. The molecule has 2 aliphatic heterocycles. The van der Waals surface area contributed by atoms with Gasteiger partial charge in [0.05, 0.1) is 0 Å². The van der Waals surface area contributed by atoms with E-state index in [2.05, 4.69) is 11.8 Å². The fraction of sp³-hybridized carbons (Fsp3) is 1.00. The fourth-order valence-electron chi connectivity index (χ4n) is 1.45. The predicted octanol–water partition coefficient (Wildman–Crippen LogP) is 1.90. The quantitative estimate of drug-likeness (QED) is 0.463. The Balaban J connectivity index is 1.99. The van der Waals surface area contributed by atoms with Crippen LogP contribution in [0.4, 0.5) is 0 Å². The average Bonchev–Trinajstić information content (AvgIpc) is 1.67. The van der Waals surface area contributed by atoms with Crippen molar-refractivity contribution in [2.45, 2.75) is 24.5 Å². The Kier molecular flexibility index (Phi) is 0.857. The van der Waals surface area contributed by atoms with Gasteiger partial charge in [0.25, 0.3) is 0 Å². The highest BCUT2D eigenvalue weighted by molar-refractivity contribution is 8.00. The molecule has 1 aliphatic carbocycles. The molecule has 1 saturated carbocycles. The SMILES string of the molecule is C1CC2CC(C2)S1. The topological polar surface area (TPSA) is 0 Å². The van der Waals surface area contributed by atoms with Crippen molar-refractivity contribution in [3.05, 3.63) is 0 Å².